The second-order valence-electron chi connectivity index (χ2n) is 7.63. The van der Waals surface area contributed by atoms with Crippen molar-refractivity contribution in [2.45, 2.75) is 66.0 Å². The zero-order chi connectivity index (χ0) is 19.9. The molecule has 0 unspecified atom stereocenters. The molecule has 7 heteroatoms. The van der Waals surface area contributed by atoms with Crippen molar-refractivity contribution < 1.29 is 19.2 Å². The summed E-state index contributed by atoms with van der Waals surface area (Å²) in [4.78, 5) is 52.3. The molecular formula is C20H27N3O4. The molecule has 1 aliphatic carbocycles. The SMILES string of the molecule is CCn1c(C)cc(C(=O)CN2C(=O)C(=O)N([C@@H]3CCCC[C@H]3C)C2=O)c1C. The van der Waals surface area contributed by atoms with Gasteiger partial charge in [0.05, 0.1) is 6.54 Å². The highest BCUT2D eigenvalue weighted by Gasteiger charge is 2.49. The summed E-state index contributed by atoms with van der Waals surface area (Å²) in [5, 5.41) is 0. The first-order valence-corrected chi connectivity index (χ1v) is 9.66. The minimum atomic E-state index is -0.893. The summed E-state index contributed by atoms with van der Waals surface area (Å²) in [6.45, 7) is 8.09. The van der Waals surface area contributed by atoms with Gasteiger partial charge in [-0.1, -0.05) is 19.8 Å². The fraction of sp³-hybridized carbons (Fsp3) is 0.600. The number of rotatable bonds is 5. The van der Waals surface area contributed by atoms with Crippen molar-refractivity contribution in [2.24, 2.45) is 5.92 Å². The number of hydrogen-bond donors (Lipinski definition) is 0. The molecule has 1 saturated heterocycles. The average molecular weight is 373 g/mol. The van der Waals surface area contributed by atoms with Crippen molar-refractivity contribution in [1.82, 2.24) is 14.4 Å². The predicted molar refractivity (Wildman–Crippen MR) is 99.3 cm³/mol. The van der Waals surface area contributed by atoms with Gasteiger partial charge >= 0.3 is 17.8 Å². The lowest BCUT2D eigenvalue weighted by molar-refractivity contribution is -0.144. The van der Waals surface area contributed by atoms with Gasteiger partial charge in [-0.3, -0.25) is 19.3 Å². The van der Waals surface area contributed by atoms with E-state index in [1.807, 2.05) is 32.3 Å². The van der Waals surface area contributed by atoms with Crippen LogP contribution in [0.1, 0.15) is 61.3 Å². The average Bonchev–Trinajstić information content (AvgIpc) is 3.03. The van der Waals surface area contributed by atoms with E-state index in [0.717, 1.165) is 47.0 Å². The molecule has 0 spiro atoms. The summed E-state index contributed by atoms with van der Waals surface area (Å²) < 4.78 is 2.00. The number of Topliss-reactive ketones (excluding diaryl/α,β-unsaturated/α-hetero) is 1. The minimum Gasteiger partial charge on any atom is -0.349 e. The van der Waals surface area contributed by atoms with E-state index in [9.17, 15) is 19.2 Å². The van der Waals surface area contributed by atoms with E-state index in [1.54, 1.807) is 6.07 Å². The van der Waals surface area contributed by atoms with Gasteiger partial charge in [0, 0.05) is 29.5 Å². The number of urea groups is 1. The molecule has 1 aromatic heterocycles. The molecule has 2 heterocycles. The van der Waals surface area contributed by atoms with E-state index >= 15 is 0 Å². The van der Waals surface area contributed by atoms with Crippen LogP contribution < -0.4 is 0 Å². The van der Waals surface area contributed by atoms with Gasteiger partial charge in [-0.25, -0.2) is 9.69 Å². The van der Waals surface area contributed by atoms with Gasteiger partial charge in [0.2, 0.25) is 0 Å². The van der Waals surface area contributed by atoms with Gasteiger partial charge in [-0.2, -0.15) is 0 Å². The number of carbonyl (C=O) groups is 4. The molecule has 0 N–H and O–H groups in total. The van der Waals surface area contributed by atoms with Crippen molar-refractivity contribution in [3.63, 3.8) is 0 Å². The highest BCUT2D eigenvalue weighted by Crippen LogP contribution is 2.31. The van der Waals surface area contributed by atoms with Crippen LogP contribution in [-0.4, -0.2) is 50.6 Å². The van der Waals surface area contributed by atoms with Gasteiger partial charge < -0.3 is 4.57 Å². The lowest BCUT2D eigenvalue weighted by Gasteiger charge is -2.34. The summed E-state index contributed by atoms with van der Waals surface area (Å²) >= 11 is 0. The van der Waals surface area contributed by atoms with Crippen LogP contribution in [0, 0.1) is 19.8 Å². The Balaban J connectivity index is 1.81. The van der Waals surface area contributed by atoms with Crippen LogP contribution in [0.3, 0.4) is 0 Å². The zero-order valence-electron chi connectivity index (χ0n) is 16.4. The van der Waals surface area contributed by atoms with Crippen molar-refractivity contribution >= 4 is 23.6 Å². The number of carbonyl (C=O) groups excluding carboxylic acids is 4. The van der Waals surface area contributed by atoms with Gasteiger partial charge in [-0.15, -0.1) is 0 Å². The molecule has 4 amide bonds. The van der Waals surface area contributed by atoms with E-state index in [2.05, 4.69) is 0 Å². The Kier molecular flexibility index (Phi) is 5.22. The largest absolute Gasteiger partial charge is 0.349 e. The third-order valence-electron chi connectivity index (χ3n) is 5.97. The lowest BCUT2D eigenvalue weighted by atomic mass is 9.85. The fourth-order valence-corrected chi connectivity index (χ4v) is 4.43. The van der Waals surface area contributed by atoms with E-state index in [4.69, 9.17) is 0 Å². The molecule has 146 valence electrons. The van der Waals surface area contributed by atoms with Crippen LogP contribution in [0.15, 0.2) is 6.07 Å². The maximum Gasteiger partial charge on any atom is 0.334 e. The molecule has 0 radical (unpaired) electrons. The van der Waals surface area contributed by atoms with Crippen LogP contribution >= 0.6 is 0 Å². The quantitative estimate of drug-likeness (QED) is 0.451. The zero-order valence-corrected chi connectivity index (χ0v) is 16.4. The molecule has 2 aliphatic rings. The Morgan fingerprint density at radius 1 is 1.11 bits per heavy atom. The monoisotopic (exact) mass is 373 g/mol. The number of aryl methyl sites for hydroxylation is 1. The number of imide groups is 2. The highest BCUT2D eigenvalue weighted by atomic mass is 16.2. The summed E-state index contributed by atoms with van der Waals surface area (Å²) in [5.74, 6) is -1.85. The van der Waals surface area contributed by atoms with Crippen LogP contribution in [0.25, 0.3) is 0 Å². The number of nitrogens with zero attached hydrogens (tertiary/aromatic N) is 3. The molecule has 3 rings (SSSR count). The molecule has 1 saturated carbocycles. The predicted octanol–water partition coefficient (Wildman–Crippen LogP) is 2.68. The Labute approximate surface area is 159 Å². The summed E-state index contributed by atoms with van der Waals surface area (Å²) in [7, 11) is 0. The maximum atomic E-state index is 12.8. The molecule has 27 heavy (non-hydrogen) atoms. The van der Waals surface area contributed by atoms with E-state index in [1.165, 1.54) is 0 Å². The second kappa shape index (κ2) is 7.29. The number of amides is 4. The highest BCUT2D eigenvalue weighted by molar-refractivity contribution is 6.45. The Morgan fingerprint density at radius 2 is 1.78 bits per heavy atom. The standard InChI is InChI=1S/C20H27N3O4/c1-5-21-13(3)10-15(14(21)4)17(24)11-22-18(25)19(26)23(20(22)27)16-9-7-6-8-12(16)2/h10,12,16H,5-9,11H2,1-4H3/t12-,16-/m1/s1. The normalized spacial score (nSPS) is 23.5. The van der Waals surface area contributed by atoms with Crippen molar-refractivity contribution in [3.05, 3.63) is 23.0 Å². The number of hydrogen-bond acceptors (Lipinski definition) is 4. The summed E-state index contributed by atoms with van der Waals surface area (Å²) in [6.07, 6.45) is 3.64. The van der Waals surface area contributed by atoms with Gasteiger partial charge in [0.25, 0.3) is 0 Å². The second-order valence-corrected chi connectivity index (χ2v) is 7.63. The molecule has 0 bridgehead atoms. The first-order valence-electron chi connectivity index (χ1n) is 9.66. The lowest BCUT2D eigenvalue weighted by Crippen LogP contribution is -2.46. The van der Waals surface area contributed by atoms with Crippen molar-refractivity contribution in [2.75, 3.05) is 6.54 Å². The molecular weight excluding hydrogens is 346 g/mol. The van der Waals surface area contributed by atoms with Crippen LogP contribution in [0.2, 0.25) is 0 Å². The third kappa shape index (κ3) is 3.19. The van der Waals surface area contributed by atoms with Crippen LogP contribution in [-0.2, 0) is 16.1 Å². The topological polar surface area (TPSA) is 79.7 Å². The minimum absolute atomic E-state index is 0.165. The molecule has 2 fully saturated rings. The fourth-order valence-electron chi connectivity index (χ4n) is 4.43. The maximum absolute atomic E-state index is 12.8. The third-order valence-corrected chi connectivity index (χ3v) is 5.97. The van der Waals surface area contributed by atoms with Gasteiger partial charge in [0.1, 0.15) is 0 Å². The first-order chi connectivity index (χ1) is 12.8. The molecule has 1 aromatic rings. The van der Waals surface area contributed by atoms with E-state index in [0.29, 0.717) is 12.0 Å². The Bertz CT molecular complexity index is 810. The smallest absolute Gasteiger partial charge is 0.334 e. The molecule has 7 nitrogen and oxygen atoms in total. The summed E-state index contributed by atoms with van der Waals surface area (Å²) in [6, 6.07) is 0.865. The van der Waals surface area contributed by atoms with Gasteiger partial charge in [0.15, 0.2) is 5.78 Å². The van der Waals surface area contributed by atoms with Crippen LogP contribution in [0.4, 0.5) is 4.79 Å². The van der Waals surface area contributed by atoms with Crippen molar-refractivity contribution in [3.8, 4) is 0 Å². The Morgan fingerprint density at radius 3 is 2.37 bits per heavy atom. The van der Waals surface area contributed by atoms with Crippen LogP contribution in [0.5, 0.6) is 0 Å². The van der Waals surface area contributed by atoms with E-state index in [-0.39, 0.29) is 17.7 Å². The molecule has 1 aliphatic heterocycles. The first kappa shape index (κ1) is 19.3. The molecule has 2 atom stereocenters. The summed E-state index contributed by atoms with van der Waals surface area (Å²) in [5.41, 5.74) is 2.25. The molecule has 0 aromatic carbocycles. The Hall–Kier alpha value is -2.44. The van der Waals surface area contributed by atoms with Gasteiger partial charge in [-0.05, 0) is 45.6 Å². The van der Waals surface area contributed by atoms with Crippen molar-refractivity contribution in [1.29, 1.82) is 0 Å². The number of aromatic nitrogens is 1. The number of ketones is 1. The van der Waals surface area contributed by atoms with E-state index < -0.39 is 24.4 Å².